The molecule has 0 saturated heterocycles. The van der Waals surface area contributed by atoms with Gasteiger partial charge in [0.05, 0.1) is 45.7 Å². The fourth-order valence-corrected chi connectivity index (χ4v) is 0.421. The van der Waals surface area contributed by atoms with Gasteiger partial charge in [-0.15, -0.1) is 0 Å². The highest BCUT2D eigenvalue weighted by Crippen LogP contribution is 1.87. The van der Waals surface area contributed by atoms with Gasteiger partial charge in [-0.1, -0.05) is 0 Å². The number of halogens is 2. The second-order valence-electron chi connectivity index (χ2n) is 0.769. The zero-order valence-corrected chi connectivity index (χ0v) is 7.75. The zero-order valence-electron chi connectivity index (χ0n) is 3.44. The van der Waals surface area contributed by atoms with Crippen LogP contribution in [0.15, 0.2) is 12.4 Å². The fraction of sp³-hybridized carbons (Fsp3) is 0. The lowest BCUT2D eigenvalue weighted by Crippen LogP contribution is -2.10. The Hall–Kier alpha value is 0.760. The first-order valence-corrected chi connectivity index (χ1v) is 3.54. The molecule has 0 rings (SSSR count). The molecule has 3 N–H and O–H groups in total. The van der Waals surface area contributed by atoms with Gasteiger partial charge in [-0.3, -0.25) is 3.22 Å². The molecule has 0 radical (unpaired) electrons. The van der Waals surface area contributed by atoms with E-state index in [1.165, 1.54) is 3.22 Å². The Morgan fingerprint density at radius 3 is 2.43 bits per heavy atom. The molecule has 5 heteroatoms. The highest BCUT2D eigenvalue weighted by atomic mass is 127. The molecule has 0 spiro atoms. The van der Waals surface area contributed by atoms with Crippen molar-refractivity contribution in [2.24, 2.45) is 5.84 Å². The number of nitrogens with one attached hydrogen (secondary N) is 1. The Morgan fingerprint density at radius 1 is 1.71 bits per heavy atom. The first-order chi connectivity index (χ1) is 3.27. The average Bonchev–Trinajstić information content (AvgIpc) is 1.61. The molecule has 0 bridgehead atoms. The molecule has 42 valence electrons. The number of hydrogen-bond acceptors (Lipinski definition) is 3. The Bertz CT molecular complexity index is 62.0. The molecule has 0 fully saturated rings. The van der Waals surface area contributed by atoms with E-state index < -0.39 is 0 Å². The Morgan fingerprint density at radius 2 is 2.29 bits per heavy atom. The van der Waals surface area contributed by atoms with Crippen LogP contribution < -0.4 is 9.37 Å². The van der Waals surface area contributed by atoms with Crippen LogP contribution in [0.25, 0.3) is 0 Å². The van der Waals surface area contributed by atoms with E-state index in [-0.39, 0.29) is 0 Å². The summed E-state index contributed by atoms with van der Waals surface area (Å²) < 4.78 is 4.20. The molecule has 0 aliphatic heterocycles. The normalized spacial score (nSPS) is 9.57. The van der Waals surface area contributed by atoms with Gasteiger partial charge in [-0.2, -0.15) is 0 Å². The standard InChI is InChI=1S/C2H5I2N3/c3-6-1-2-7(4)5/h1-2,6H,5H2/b2-1-. The molecule has 7 heavy (non-hydrogen) atoms. The minimum absolute atomic E-state index is 1.43. The summed E-state index contributed by atoms with van der Waals surface area (Å²) in [5.41, 5.74) is 0. The van der Waals surface area contributed by atoms with E-state index in [2.05, 4.69) is 3.53 Å². The second kappa shape index (κ2) is 4.91. The van der Waals surface area contributed by atoms with Crippen molar-refractivity contribution in [3.8, 4) is 0 Å². The first-order valence-electron chi connectivity index (χ1n) is 1.50. The number of nitrogens with zero attached hydrogens (tertiary/aromatic N) is 1. The number of hydrazine groups is 1. The van der Waals surface area contributed by atoms with Crippen LogP contribution in [0.3, 0.4) is 0 Å². The molecule has 0 aliphatic rings. The van der Waals surface area contributed by atoms with E-state index in [4.69, 9.17) is 5.84 Å². The maximum Gasteiger partial charge on any atom is 0.0759 e. The fourth-order valence-electron chi connectivity index (χ4n) is 0.0994. The molecule has 0 aliphatic carbocycles. The Balaban J connectivity index is 3.08. The van der Waals surface area contributed by atoms with E-state index >= 15 is 0 Å². The molecular formula is C2H5I2N3. The lowest BCUT2D eigenvalue weighted by molar-refractivity contribution is 0.723. The third-order valence-corrected chi connectivity index (χ3v) is 0.961. The Labute approximate surface area is 70.3 Å². The minimum atomic E-state index is 1.43. The van der Waals surface area contributed by atoms with Gasteiger partial charge in [0, 0.05) is 12.4 Å². The van der Waals surface area contributed by atoms with E-state index in [0.29, 0.717) is 0 Å². The summed E-state index contributed by atoms with van der Waals surface area (Å²) >= 11 is 3.95. The van der Waals surface area contributed by atoms with Gasteiger partial charge in [0.25, 0.3) is 0 Å². The second-order valence-corrected chi connectivity index (χ2v) is 2.51. The third-order valence-electron chi connectivity index (χ3n) is 0.280. The molecule has 3 nitrogen and oxygen atoms in total. The molecule has 0 heterocycles. The van der Waals surface area contributed by atoms with Crippen LogP contribution in [0, 0.1) is 0 Å². The van der Waals surface area contributed by atoms with Crippen molar-refractivity contribution in [1.29, 1.82) is 0 Å². The van der Waals surface area contributed by atoms with Gasteiger partial charge in [0.2, 0.25) is 0 Å². The summed E-state index contributed by atoms with van der Waals surface area (Å²) in [6, 6.07) is 0. The maximum atomic E-state index is 5.17. The van der Waals surface area contributed by atoms with Crippen molar-refractivity contribution in [2.45, 2.75) is 0 Å². The minimum Gasteiger partial charge on any atom is -0.333 e. The smallest absolute Gasteiger partial charge is 0.0759 e. The van der Waals surface area contributed by atoms with Crippen LogP contribution in [0.5, 0.6) is 0 Å². The monoisotopic (exact) mass is 325 g/mol. The van der Waals surface area contributed by atoms with Gasteiger partial charge >= 0.3 is 0 Å². The number of nitrogens with two attached hydrogens (primary N) is 1. The lowest BCUT2D eigenvalue weighted by atomic mass is 11.0. The molecule has 0 unspecified atom stereocenters. The summed E-state index contributed by atoms with van der Waals surface area (Å²) in [7, 11) is 0. The lowest BCUT2D eigenvalue weighted by Gasteiger charge is -1.97. The molecule has 0 aromatic heterocycles. The van der Waals surface area contributed by atoms with Gasteiger partial charge in [0.1, 0.15) is 0 Å². The van der Waals surface area contributed by atoms with Crippen LogP contribution in [0.4, 0.5) is 0 Å². The van der Waals surface area contributed by atoms with Crippen LogP contribution in [-0.4, -0.2) is 3.22 Å². The summed E-state index contributed by atoms with van der Waals surface area (Å²) in [5.74, 6) is 5.17. The van der Waals surface area contributed by atoms with Gasteiger partial charge in [-0.05, 0) is 0 Å². The summed E-state index contributed by atoms with van der Waals surface area (Å²) in [6.45, 7) is 0. The highest BCUT2D eigenvalue weighted by Gasteiger charge is 1.72. The highest BCUT2D eigenvalue weighted by molar-refractivity contribution is 14.1. The number of hydrogen-bond donors (Lipinski definition) is 2. The Kier molecular flexibility index (Phi) is 5.44. The van der Waals surface area contributed by atoms with Crippen LogP contribution in [0.1, 0.15) is 0 Å². The quantitative estimate of drug-likeness (QED) is 0.343. The van der Waals surface area contributed by atoms with Gasteiger partial charge < -0.3 is 3.53 Å². The van der Waals surface area contributed by atoms with Crippen LogP contribution in [0.2, 0.25) is 0 Å². The van der Waals surface area contributed by atoms with E-state index in [1.807, 2.05) is 45.7 Å². The molecule has 0 amide bonds. The van der Waals surface area contributed by atoms with Crippen molar-refractivity contribution in [3.05, 3.63) is 12.4 Å². The predicted octanol–water partition coefficient (Wildman–Crippen LogP) is 0.923. The topological polar surface area (TPSA) is 41.3 Å². The van der Waals surface area contributed by atoms with Crippen molar-refractivity contribution in [3.63, 3.8) is 0 Å². The molecule has 0 saturated carbocycles. The molecular weight excluding hydrogens is 320 g/mol. The van der Waals surface area contributed by atoms with Crippen molar-refractivity contribution in [1.82, 2.24) is 6.75 Å². The molecule has 0 atom stereocenters. The summed E-state index contributed by atoms with van der Waals surface area (Å²) in [5, 5.41) is 0. The zero-order chi connectivity index (χ0) is 5.70. The van der Waals surface area contributed by atoms with E-state index in [9.17, 15) is 0 Å². The maximum absolute atomic E-state index is 5.17. The largest absolute Gasteiger partial charge is 0.333 e. The summed E-state index contributed by atoms with van der Waals surface area (Å²) in [6.07, 6.45) is 3.43. The van der Waals surface area contributed by atoms with Crippen LogP contribution in [-0.2, 0) is 0 Å². The number of rotatable bonds is 2. The SMILES string of the molecule is NN(I)/C=C\NI. The average molecular weight is 325 g/mol. The first kappa shape index (κ1) is 7.76. The third kappa shape index (κ3) is 6.76. The predicted molar refractivity (Wildman–Crippen MR) is 46.3 cm³/mol. The van der Waals surface area contributed by atoms with Gasteiger partial charge in [-0.25, -0.2) is 5.84 Å². The van der Waals surface area contributed by atoms with Crippen LogP contribution >= 0.6 is 45.7 Å². The molecule has 0 aromatic rings. The van der Waals surface area contributed by atoms with Crippen molar-refractivity contribution < 1.29 is 0 Å². The van der Waals surface area contributed by atoms with Crippen molar-refractivity contribution >= 4 is 45.7 Å². The molecule has 0 aromatic carbocycles. The van der Waals surface area contributed by atoms with Crippen molar-refractivity contribution in [2.75, 3.05) is 0 Å². The van der Waals surface area contributed by atoms with Gasteiger partial charge in [0.15, 0.2) is 0 Å². The van der Waals surface area contributed by atoms with E-state index in [0.717, 1.165) is 0 Å². The summed E-state index contributed by atoms with van der Waals surface area (Å²) in [4.78, 5) is 0. The van der Waals surface area contributed by atoms with E-state index in [1.54, 1.807) is 12.4 Å².